The summed E-state index contributed by atoms with van der Waals surface area (Å²) in [5.74, 6) is -0.316. The molecule has 9 heteroatoms. The van der Waals surface area contributed by atoms with E-state index in [0.29, 0.717) is 36.5 Å². The lowest BCUT2D eigenvalue weighted by Gasteiger charge is -2.34. The van der Waals surface area contributed by atoms with E-state index >= 15 is 0 Å². The predicted molar refractivity (Wildman–Crippen MR) is 99.0 cm³/mol. The van der Waals surface area contributed by atoms with Gasteiger partial charge in [0, 0.05) is 17.5 Å². The molecule has 1 aromatic carbocycles. The van der Waals surface area contributed by atoms with Crippen LogP contribution in [0, 0.1) is 11.8 Å². The molecule has 1 amide bonds. The molecule has 0 radical (unpaired) electrons. The molecule has 0 spiro atoms. The van der Waals surface area contributed by atoms with E-state index in [1.165, 1.54) is 6.07 Å². The number of hydrogen-bond acceptors (Lipinski definition) is 1. The average Bonchev–Trinajstić information content (AvgIpc) is 3.34. The summed E-state index contributed by atoms with van der Waals surface area (Å²) in [5.41, 5.74) is -5.89. The van der Waals surface area contributed by atoms with Crippen LogP contribution in [0.25, 0.3) is 0 Å². The Kier molecular flexibility index (Phi) is 5.53. The van der Waals surface area contributed by atoms with Gasteiger partial charge < -0.3 is 5.32 Å². The molecule has 3 atom stereocenters. The van der Waals surface area contributed by atoms with E-state index in [0.717, 1.165) is 31.7 Å². The number of amides is 1. The highest BCUT2D eigenvalue weighted by molar-refractivity contribution is 5.80. The zero-order valence-electron chi connectivity index (χ0n) is 16.8. The highest BCUT2D eigenvalue weighted by Gasteiger charge is 2.73. The number of hydrogen-bond donors (Lipinski definition) is 1. The summed E-state index contributed by atoms with van der Waals surface area (Å²) in [6.45, 7) is 0. The molecule has 1 aromatic rings. The number of nitrogens with one attached hydrogen (secondary N) is 1. The monoisotopic (exact) mass is 451 g/mol. The first-order chi connectivity index (χ1) is 14.4. The Labute approximate surface area is 175 Å². The number of halogens is 7. The fraction of sp³-hybridized carbons (Fsp3) is 0.682. The maximum Gasteiger partial charge on any atom is 0.435 e. The van der Waals surface area contributed by atoms with E-state index in [1.54, 1.807) is 0 Å². The summed E-state index contributed by atoms with van der Waals surface area (Å²) in [6, 6.07) is 2.71. The van der Waals surface area contributed by atoms with E-state index in [9.17, 15) is 35.5 Å². The van der Waals surface area contributed by atoms with Crippen LogP contribution in [0.1, 0.15) is 67.6 Å². The molecule has 3 aliphatic rings. The summed E-state index contributed by atoms with van der Waals surface area (Å²) < 4.78 is 93.0. The van der Waals surface area contributed by atoms with Crippen LogP contribution in [0.5, 0.6) is 0 Å². The number of alkyl halides is 7. The Morgan fingerprint density at radius 2 is 1.52 bits per heavy atom. The molecule has 0 bridgehead atoms. The Morgan fingerprint density at radius 3 is 2.13 bits per heavy atom. The lowest BCUT2D eigenvalue weighted by molar-refractivity contribution is -0.348. The number of rotatable bonds is 3. The van der Waals surface area contributed by atoms with E-state index < -0.39 is 23.6 Å². The maximum absolute atomic E-state index is 14.4. The van der Waals surface area contributed by atoms with Crippen molar-refractivity contribution in [3.8, 4) is 0 Å². The predicted octanol–water partition coefficient (Wildman–Crippen LogP) is 6.09. The van der Waals surface area contributed by atoms with E-state index in [1.807, 2.05) is 0 Å². The van der Waals surface area contributed by atoms with Gasteiger partial charge in [0.2, 0.25) is 5.91 Å². The van der Waals surface area contributed by atoms with Crippen LogP contribution in [-0.2, 0) is 16.9 Å². The van der Waals surface area contributed by atoms with Crippen LogP contribution < -0.4 is 5.32 Å². The second-order valence-electron chi connectivity index (χ2n) is 9.05. The molecule has 2 unspecified atom stereocenters. The number of carbonyl (C=O) groups is 1. The normalized spacial score (nSPS) is 27.1. The lowest BCUT2D eigenvalue weighted by atomic mass is 9.73. The molecule has 3 aliphatic carbocycles. The Morgan fingerprint density at radius 1 is 0.871 bits per heavy atom. The van der Waals surface area contributed by atoms with Crippen LogP contribution in [0.2, 0.25) is 0 Å². The third-order valence-electron chi connectivity index (χ3n) is 7.33. The van der Waals surface area contributed by atoms with Crippen molar-refractivity contribution in [1.82, 2.24) is 5.32 Å². The van der Waals surface area contributed by atoms with Gasteiger partial charge in [0.05, 0.1) is 0 Å². The zero-order valence-corrected chi connectivity index (χ0v) is 16.8. The number of aryl methyl sites for hydroxylation is 1. The van der Waals surface area contributed by atoms with Crippen LogP contribution in [0.4, 0.5) is 30.7 Å². The molecule has 0 heterocycles. The van der Waals surface area contributed by atoms with E-state index in [4.69, 9.17) is 0 Å². The minimum Gasteiger partial charge on any atom is -0.353 e. The first-order valence-electron chi connectivity index (χ1n) is 10.7. The third kappa shape index (κ3) is 3.71. The minimum absolute atomic E-state index is 0.000110. The van der Waals surface area contributed by atoms with Gasteiger partial charge in [-0.05, 0) is 61.5 Å². The number of fused-ring (bicyclic) bond motifs is 3. The quantitative estimate of drug-likeness (QED) is 0.554. The molecule has 2 fully saturated rings. The van der Waals surface area contributed by atoms with Crippen molar-refractivity contribution in [2.45, 2.75) is 81.3 Å². The molecular formula is C22H24F7NO. The fourth-order valence-corrected chi connectivity index (χ4v) is 5.77. The molecule has 2 nitrogen and oxygen atoms in total. The highest BCUT2D eigenvalue weighted by atomic mass is 19.4. The highest BCUT2D eigenvalue weighted by Crippen LogP contribution is 2.55. The Balaban J connectivity index is 1.58. The SMILES string of the molecule is O=C(NC1CCCC1)[C@@H]1CCC2c3ccc(C(F)(C(F)(F)F)C(F)(F)F)cc3CCC21. The van der Waals surface area contributed by atoms with Crippen molar-refractivity contribution in [2.24, 2.45) is 11.8 Å². The standard InChI is InChI=1S/C22H24F7NO/c23-20(21(24,25)26,22(27,28)29)13-6-8-15-12(11-13)5-7-17-16(15)9-10-18(17)19(31)30-14-3-1-2-4-14/h6,8,11,14,16-18H,1-5,7,9-10H2,(H,30,31)/t16?,17?,18-/m1/s1. The van der Waals surface area contributed by atoms with Crippen LogP contribution in [0.3, 0.4) is 0 Å². The van der Waals surface area contributed by atoms with Crippen molar-refractivity contribution in [1.29, 1.82) is 0 Å². The molecule has 0 aromatic heterocycles. The van der Waals surface area contributed by atoms with Crippen molar-refractivity contribution >= 4 is 5.91 Å². The van der Waals surface area contributed by atoms with Gasteiger partial charge >= 0.3 is 18.0 Å². The first-order valence-corrected chi connectivity index (χ1v) is 10.7. The largest absolute Gasteiger partial charge is 0.435 e. The molecule has 2 saturated carbocycles. The topological polar surface area (TPSA) is 29.1 Å². The third-order valence-corrected chi connectivity index (χ3v) is 7.33. The van der Waals surface area contributed by atoms with Crippen molar-refractivity contribution in [3.63, 3.8) is 0 Å². The van der Waals surface area contributed by atoms with Crippen LogP contribution >= 0.6 is 0 Å². The minimum atomic E-state index is -6.12. The molecular weight excluding hydrogens is 427 g/mol. The zero-order chi connectivity index (χ0) is 22.6. The molecule has 4 rings (SSSR count). The second-order valence-corrected chi connectivity index (χ2v) is 9.05. The van der Waals surface area contributed by atoms with Gasteiger partial charge in [-0.3, -0.25) is 4.79 Å². The van der Waals surface area contributed by atoms with Gasteiger partial charge in [0.1, 0.15) is 0 Å². The first kappa shape index (κ1) is 22.4. The molecule has 31 heavy (non-hydrogen) atoms. The van der Waals surface area contributed by atoms with Gasteiger partial charge in [0.25, 0.3) is 0 Å². The van der Waals surface area contributed by atoms with Gasteiger partial charge in [-0.25, -0.2) is 4.39 Å². The second kappa shape index (κ2) is 7.66. The van der Waals surface area contributed by atoms with Gasteiger partial charge in [0.15, 0.2) is 0 Å². The lowest BCUT2D eigenvalue weighted by Crippen LogP contribution is -2.50. The number of benzene rings is 1. The molecule has 172 valence electrons. The molecule has 0 saturated heterocycles. The summed E-state index contributed by atoms with van der Waals surface area (Å²) >= 11 is 0. The average molecular weight is 451 g/mol. The summed E-state index contributed by atoms with van der Waals surface area (Å²) in [6.07, 6.45) is -6.16. The van der Waals surface area contributed by atoms with E-state index in [-0.39, 0.29) is 36.1 Å². The fourth-order valence-electron chi connectivity index (χ4n) is 5.77. The smallest absolute Gasteiger partial charge is 0.353 e. The van der Waals surface area contributed by atoms with Crippen molar-refractivity contribution in [3.05, 3.63) is 34.9 Å². The Hall–Kier alpha value is -1.80. The molecule has 1 N–H and O–H groups in total. The van der Waals surface area contributed by atoms with E-state index in [2.05, 4.69) is 5.32 Å². The van der Waals surface area contributed by atoms with Gasteiger partial charge in [-0.1, -0.05) is 31.0 Å². The Bertz CT molecular complexity index is 827. The van der Waals surface area contributed by atoms with Crippen LogP contribution in [-0.4, -0.2) is 24.3 Å². The van der Waals surface area contributed by atoms with Crippen LogP contribution in [0.15, 0.2) is 18.2 Å². The summed E-state index contributed by atoms with van der Waals surface area (Å²) in [7, 11) is 0. The van der Waals surface area contributed by atoms with Crippen molar-refractivity contribution < 1.29 is 35.5 Å². The van der Waals surface area contributed by atoms with Crippen molar-refractivity contribution in [2.75, 3.05) is 0 Å². The maximum atomic E-state index is 14.4. The number of carbonyl (C=O) groups excluding carboxylic acids is 1. The summed E-state index contributed by atoms with van der Waals surface area (Å²) in [4.78, 5) is 12.8. The van der Waals surface area contributed by atoms with Gasteiger partial charge in [-0.2, -0.15) is 26.3 Å². The molecule has 0 aliphatic heterocycles. The summed E-state index contributed by atoms with van der Waals surface area (Å²) in [5, 5.41) is 3.10. The van der Waals surface area contributed by atoms with Gasteiger partial charge in [-0.15, -0.1) is 0 Å².